The van der Waals surface area contributed by atoms with Crippen LogP contribution in [0.2, 0.25) is 0 Å². The lowest BCUT2D eigenvalue weighted by Crippen LogP contribution is -2.38. The number of nitriles is 1. The Labute approximate surface area is 191 Å². The Morgan fingerprint density at radius 2 is 1.94 bits per heavy atom. The van der Waals surface area contributed by atoms with Crippen LogP contribution in [0.3, 0.4) is 0 Å². The van der Waals surface area contributed by atoms with Crippen molar-refractivity contribution in [3.8, 4) is 23.3 Å². The molecule has 8 nitrogen and oxygen atoms in total. The largest absolute Gasteiger partial charge is 0.497 e. The fraction of sp³-hybridized carbons (Fsp3) is 0.320. The van der Waals surface area contributed by atoms with Gasteiger partial charge in [-0.1, -0.05) is 0 Å². The van der Waals surface area contributed by atoms with Gasteiger partial charge in [0.2, 0.25) is 5.91 Å². The second kappa shape index (κ2) is 8.87. The van der Waals surface area contributed by atoms with Crippen LogP contribution in [0.4, 0.5) is 11.4 Å². The van der Waals surface area contributed by atoms with E-state index in [0.29, 0.717) is 61.9 Å². The van der Waals surface area contributed by atoms with Crippen molar-refractivity contribution in [3.05, 3.63) is 48.2 Å². The maximum atomic E-state index is 12.9. The van der Waals surface area contributed by atoms with Gasteiger partial charge in [-0.05, 0) is 37.1 Å². The number of nitrogens with one attached hydrogen (secondary N) is 1. The molecular formula is C25H24N4O4. The second-order valence-corrected chi connectivity index (χ2v) is 8.12. The van der Waals surface area contributed by atoms with E-state index in [1.807, 2.05) is 30.3 Å². The predicted octanol–water partition coefficient (Wildman–Crippen LogP) is 3.74. The van der Waals surface area contributed by atoms with E-state index < -0.39 is 0 Å². The molecule has 2 aromatic carbocycles. The van der Waals surface area contributed by atoms with Crippen molar-refractivity contribution < 1.29 is 19.0 Å². The summed E-state index contributed by atoms with van der Waals surface area (Å²) in [6, 6.07) is 13.4. The van der Waals surface area contributed by atoms with Gasteiger partial charge in [-0.3, -0.25) is 9.78 Å². The van der Waals surface area contributed by atoms with E-state index in [-0.39, 0.29) is 11.8 Å². The van der Waals surface area contributed by atoms with Crippen LogP contribution in [-0.2, 0) is 4.79 Å². The number of fused-ring (bicyclic) bond motifs is 2. The molecule has 0 aliphatic carbocycles. The van der Waals surface area contributed by atoms with E-state index in [2.05, 4.69) is 21.3 Å². The third kappa shape index (κ3) is 4.10. The summed E-state index contributed by atoms with van der Waals surface area (Å²) < 4.78 is 16.4. The van der Waals surface area contributed by atoms with Crippen molar-refractivity contribution in [1.29, 1.82) is 5.26 Å². The van der Waals surface area contributed by atoms with Crippen LogP contribution in [0, 0.1) is 17.2 Å². The number of nitrogens with zero attached hydrogens (tertiary/aromatic N) is 3. The van der Waals surface area contributed by atoms with Gasteiger partial charge in [0, 0.05) is 48.4 Å². The number of benzene rings is 2. The third-order valence-electron chi connectivity index (χ3n) is 6.16. The average Bonchev–Trinajstić information content (AvgIpc) is 2.87. The van der Waals surface area contributed by atoms with Gasteiger partial charge in [-0.15, -0.1) is 0 Å². The summed E-state index contributed by atoms with van der Waals surface area (Å²) in [4.78, 5) is 19.5. The summed E-state index contributed by atoms with van der Waals surface area (Å²) in [7, 11) is 1.62. The summed E-state index contributed by atoms with van der Waals surface area (Å²) in [6.07, 6.45) is 3.00. The lowest BCUT2D eigenvalue weighted by atomic mass is 9.94. The molecule has 0 bridgehead atoms. The van der Waals surface area contributed by atoms with Gasteiger partial charge < -0.3 is 24.4 Å². The first-order chi connectivity index (χ1) is 16.2. The molecule has 8 heteroatoms. The molecule has 0 unspecified atom stereocenters. The van der Waals surface area contributed by atoms with E-state index in [0.717, 1.165) is 22.3 Å². The molecule has 0 radical (unpaired) electrons. The van der Waals surface area contributed by atoms with Crippen LogP contribution < -0.4 is 24.4 Å². The zero-order chi connectivity index (χ0) is 22.8. The van der Waals surface area contributed by atoms with Gasteiger partial charge in [-0.25, -0.2) is 0 Å². The Balaban J connectivity index is 1.29. The average molecular weight is 444 g/mol. The van der Waals surface area contributed by atoms with Gasteiger partial charge in [0.15, 0.2) is 11.5 Å². The zero-order valence-electron chi connectivity index (χ0n) is 18.3. The van der Waals surface area contributed by atoms with E-state index in [1.165, 1.54) is 0 Å². The van der Waals surface area contributed by atoms with Crippen LogP contribution >= 0.6 is 0 Å². The Morgan fingerprint density at radius 3 is 2.70 bits per heavy atom. The van der Waals surface area contributed by atoms with Crippen LogP contribution in [0.5, 0.6) is 17.2 Å². The number of rotatable bonds is 4. The minimum atomic E-state index is -0.104. The first kappa shape index (κ1) is 20.9. The number of hydrogen-bond donors (Lipinski definition) is 1. The van der Waals surface area contributed by atoms with E-state index in [4.69, 9.17) is 14.2 Å². The molecule has 1 N–H and O–H groups in total. The molecule has 168 valence electrons. The number of ether oxygens (including phenoxy) is 3. The topological polar surface area (TPSA) is 96.7 Å². The highest BCUT2D eigenvalue weighted by Gasteiger charge is 2.28. The van der Waals surface area contributed by atoms with Gasteiger partial charge in [-0.2, -0.15) is 5.26 Å². The molecule has 1 fully saturated rings. The Kier molecular flexibility index (Phi) is 5.61. The molecule has 1 aromatic heterocycles. The van der Waals surface area contributed by atoms with Crippen molar-refractivity contribution in [2.24, 2.45) is 5.92 Å². The number of piperidine rings is 1. The van der Waals surface area contributed by atoms with Crippen LogP contribution in [-0.4, -0.2) is 44.3 Å². The lowest BCUT2D eigenvalue weighted by molar-refractivity contribution is -0.120. The highest BCUT2D eigenvalue weighted by molar-refractivity contribution is 5.96. The van der Waals surface area contributed by atoms with Gasteiger partial charge >= 0.3 is 0 Å². The third-order valence-corrected chi connectivity index (χ3v) is 6.16. The number of hydrogen-bond acceptors (Lipinski definition) is 7. The maximum Gasteiger partial charge on any atom is 0.227 e. The number of carbonyl (C=O) groups excluding carboxylic acids is 1. The normalized spacial score (nSPS) is 15.7. The molecule has 2 aliphatic rings. The zero-order valence-corrected chi connectivity index (χ0v) is 18.3. The van der Waals surface area contributed by atoms with E-state index in [1.54, 1.807) is 19.4 Å². The first-order valence-corrected chi connectivity index (χ1v) is 11.0. The fourth-order valence-corrected chi connectivity index (χ4v) is 4.44. The maximum absolute atomic E-state index is 12.9. The van der Waals surface area contributed by atoms with Crippen molar-refractivity contribution in [3.63, 3.8) is 0 Å². The SMILES string of the molecule is COc1ccc2c(N3CCC(C(=O)Nc4ccc5c(c4)OCCO5)CC3)c(C#N)cnc2c1. The van der Waals surface area contributed by atoms with E-state index in [9.17, 15) is 10.1 Å². The van der Waals surface area contributed by atoms with Crippen LogP contribution in [0.1, 0.15) is 18.4 Å². The molecule has 1 amide bonds. The summed E-state index contributed by atoms with van der Waals surface area (Å²) in [5.74, 6) is 1.96. The molecule has 3 heterocycles. The van der Waals surface area contributed by atoms with Crippen molar-refractivity contribution >= 4 is 28.2 Å². The minimum absolute atomic E-state index is 0.00356. The van der Waals surface area contributed by atoms with E-state index >= 15 is 0 Å². The molecule has 5 rings (SSSR count). The fourth-order valence-electron chi connectivity index (χ4n) is 4.44. The molecule has 1 saturated heterocycles. The number of pyridine rings is 1. The lowest BCUT2D eigenvalue weighted by Gasteiger charge is -2.34. The molecule has 0 atom stereocenters. The van der Waals surface area contributed by atoms with Crippen LogP contribution in [0.15, 0.2) is 42.6 Å². The number of carbonyl (C=O) groups is 1. The number of anilines is 2. The summed E-state index contributed by atoms with van der Waals surface area (Å²) in [5, 5.41) is 13.6. The standard InChI is InChI=1S/C25H24N4O4/c1-31-19-3-4-20-21(13-19)27-15-17(14-26)24(20)29-8-6-16(7-9-29)25(30)28-18-2-5-22-23(12-18)33-11-10-32-22/h2-5,12-13,15-16H,6-11H2,1H3,(H,28,30). The molecule has 33 heavy (non-hydrogen) atoms. The monoisotopic (exact) mass is 444 g/mol. The second-order valence-electron chi connectivity index (χ2n) is 8.12. The van der Waals surface area contributed by atoms with Crippen LogP contribution in [0.25, 0.3) is 10.9 Å². The summed E-state index contributed by atoms with van der Waals surface area (Å²) >= 11 is 0. The summed E-state index contributed by atoms with van der Waals surface area (Å²) in [5.41, 5.74) is 2.89. The highest BCUT2D eigenvalue weighted by Crippen LogP contribution is 2.35. The minimum Gasteiger partial charge on any atom is -0.497 e. The molecule has 0 spiro atoms. The van der Waals surface area contributed by atoms with Crippen molar-refractivity contribution in [2.75, 3.05) is 43.6 Å². The van der Waals surface area contributed by atoms with Crippen molar-refractivity contribution in [1.82, 2.24) is 4.98 Å². The number of amides is 1. The predicted molar refractivity (Wildman–Crippen MR) is 124 cm³/mol. The first-order valence-electron chi connectivity index (χ1n) is 11.0. The number of aromatic nitrogens is 1. The quantitative estimate of drug-likeness (QED) is 0.655. The summed E-state index contributed by atoms with van der Waals surface area (Å²) in [6.45, 7) is 2.40. The molecule has 0 saturated carbocycles. The Bertz CT molecular complexity index is 1250. The smallest absolute Gasteiger partial charge is 0.227 e. The van der Waals surface area contributed by atoms with Crippen molar-refractivity contribution in [2.45, 2.75) is 12.8 Å². The Morgan fingerprint density at radius 1 is 1.15 bits per heavy atom. The molecule has 2 aliphatic heterocycles. The van der Waals surface area contributed by atoms with Gasteiger partial charge in [0.1, 0.15) is 25.0 Å². The van der Waals surface area contributed by atoms with Gasteiger partial charge in [0.05, 0.1) is 23.9 Å². The Hall–Kier alpha value is -3.99. The number of methoxy groups -OCH3 is 1. The highest BCUT2D eigenvalue weighted by atomic mass is 16.6. The molecule has 3 aromatic rings. The molecular weight excluding hydrogens is 420 g/mol. The van der Waals surface area contributed by atoms with Gasteiger partial charge in [0.25, 0.3) is 0 Å².